The van der Waals surface area contributed by atoms with Crippen molar-refractivity contribution in [2.24, 2.45) is 0 Å². The Bertz CT molecular complexity index is 1140. The van der Waals surface area contributed by atoms with Crippen LogP contribution in [0.15, 0.2) is 51.8 Å². The quantitative estimate of drug-likeness (QED) is 0.461. The van der Waals surface area contributed by atoms with Gasteiger partial charge in [-0.2, -0.15) is 0 Å². The summed E-state index contributed by atoms with van der Waals surface area (Å²) >= 11 is 2.73. The molecule has 0 aliphatic rings. The third kappa shape index (κ3) is 4.01. The summed E-state index contributed by atoms with van der Waals surface area (Å²) in [6.45, 7) is 1.86. The van der Waals surface area contributed by atoms with E-state index in [0.717, 1.165) is 22.7 Å². The van der Waals surface area contributed by atoms with Gasteiger partial charge in [0.2, 0.25) is 0 Å². The Morgan fingerprint density at radius 3 is 2.30 bits per heavy atom. The van der Waals surface area contributed by atoms with Gasteiger partial charge in [0.25, 0.3) is 0 Å². The van der Waals surface area contributed by atoms with E-state index in [1.807, 2.05) is 43.3 Å². The van der Waals surface area contributed by atoms with Gasteiger partial charge in [-0.3, -0.25) is 0 Å². The van der Waals surface area contributed by atoms with E-state index in [0.29, 0.717) is 20.6 Å². The monoisotopic (exact) mass is 398 g/mol. The van der Waals surface area contributed by atoms with Crippen molar-refractivity contribution >= 4 is 46.3 Å². The van der Waals surface area contributed by atoms with Crippen molar-refractivity contribution < 1.29 is 8.78 Å². The fourth-order valence-electron chi connectivity index (χ4n) is 2.37. The van der Waals surface area contributed by atoms with E-state index in [2.05, 4.69) is 20.2 Å². The van der Waals surface area contributed by atoms with Crippen LogP contribution in [0.25, 0.3) is 23.2 Å². The van der Waals surface area contributed by atoms with Gasteiger partial charge < -0.3 is 0 Å². The summed E-state index contributed by atoms with van der Waals surface area (Å²) in [5.74, 6) is -1.90. The largest absolute Gasteiger partial charge is 0.244 e. The molecule has 134 valence electrons. The van der Waals surface area contributed by atoms with Crippen LogP contribution in [0.1, 0.15) is 16.3 Å². The minimum absolute atomic E-state index is 0.287. The fraction of sp³-hybridized carbons (Fsp3) is 0.0526. The van der Waals surface area contributed by atoms with Crippen molar-refractivity contribution in [3.8, 4) is 0 Å². The molecule has 0 N–H and O–H groups in total. The molecule has 0 unspecified atom stereocenters. The maximum Gasteiger partial charge on any atom is 0.180 e. The van der Waals surface area contributed by atoms with Crippen LogP contribution >= 0.6 is 23.1 Å². The third-order valence-corrected chi connectivity index (χ3v) is 5.51. The number of aryl methyl sites for hydroxylation is 1. The van der Waals surface area contributed by atoms with E-state index in [4.69, 9.17) is 0 Å². The number of benzene rings is 2. The second kappa shape index (κ2) is 7.50. The van der Waals surface area contributed by atoms with Gasteiger partial charge in [0, 0.05) is 12.1 Å². The number of hydrogen-bond acceptors (Lipinski definition) is 6. The summed E-state index contributed by atoms with van der Waals surface area (Å²) in [6.07, 6.45) is 3.70. The van der Waals surface area contributed by atoms with Crippen LogP contribution in [-0.2, 0) is 0 Å². The molecule has 2 heterocycles. The Kier molecular flexibility index (Phi) is 4.91. The Hall–Kier alpha value is -2.71. The standard InChI is InChI=1S/C19H12F2N4S2/c1-11-24-25-19(26-11)27-18-15(8-7-12-5-3-2-4-6-12)22-16-9-13(20)14(21)10-17(16)23-18/h2-10H,1H3. The number of fused-ring (bicyclic) bond motifs is 1. The predicted molar refractivity (Wildman–Crippen MR) is 104 cm³/mol. The molecule has 0 saturated heterocycles. The van der Waals surface area contributed by atoms with E-state index in [1.54, 1.807) is 6.08 Å². The van der Waals surface area contributed by atoms with Crippen molar-refractivity contribution in [2.45, 2.75) is 16.3 Å². The topological polar surface area (TPSA) is 51.6 Å². The van der Waals surface area contributed by atoms with Crippen LogP contribution in [0.3, 0.4) is 0 Å². The molecule has 0 amide bonds. The molecule has 0 saturated carbocycles. The summed E-state index contributed by atoms with van der Waals surface area (Å²) in [7, 11) is 0. The zero-order valence-corrected chi connectivity index (χ0v) is 15.7. The summed E-state index contributed by atoms with van der Waals surface area (Å²) in [5, 5.41) is 9.47. The minimum Gasteiger partial charge on any atom is -0.244 e. The van der Waals surface area contributed by atoms with Gasteiger partial charge in [0.05, 0.1) is 16.7 Å². The highest BCUT2D eigenvalue weighted by Crippen LogP contribution is 2.32. The first-order valence-electron chi connectivity index (χ1n) is 7.96. The maximum atomic E-state index is 13.6. The van der Waals surface area contributed by atoms with Gasteiger partial charge in [-0.1, -0.05) is 47.7 Å². The molecule has 0 spiro atoms. The van der Waals surface area contributed by atoms with Gasteiger partial charge in [-0.15, -0.1) is 10.2 Å². The number of nitrogens with zero attached hydrogens (tertiary/aromatic N) is 4. The first-order chi connectivity index (χ1) is 13.1. The highest BCUT2D eigenvalue weighted by atomic mass is 32.2. The molecule has 4 rings (SSSR count). The van der Waals surface area contributed by atoms with E-state index >= 15 is 0 Å². The molecule has 4 aromatic rings. The molecular weight excluding hydrogens is 386 g/mol. The molecular formula is C19H12F2N4S2. The highest BCUT2D eigenvalue weighted by Gasteiger charge is 2.14. The molecule has 0 aliphatic heterocycles. The number of hydrogen-bond donors (Lipinski definition) is 0. The second-order valence-corrected chi connectivity index (χ2v) is 8.02. The lowest BCUT2D eigenvalue weighted by Gasteiger charge is -2.06. The molecule has 2 aromatic heterocycles. The van der Waals surface area contributed by atoms with E-state index in [9.17, 15) is 8.78 Å². The minimum atomic E-state index is -0.952. The number of halogens is 2. The lowest BCUT2D eigenvalue weighted by Crippen LogP contribution is -1.95. The SMILES string of the molecule is Cc1nnc(Sc2nc3cc(F)c(F)cc3nc2C=Cc2ccccc2)s1. The van der Waals surface area contributed by atoms with Crippen LogP contribution in [0.4, 0.5) is 8.78 Å². The van der Waals surface area contributed by atoms with Crippen LogP contribution in [0.5, 0.6) is 0 Å². The lowest BCUT2D eigenvalue weighted by atomic mass is 10.2. The highest BCUT2D eigenvalue weighted by molar-refractivity contribution is 8.01. The summed E-state index contributed by atoms with van der Waals surface area (Å²) in [6, 6.07) is 11.8. The van der Waals surface area contributed by atoms with Crippen LogP contribution in [0.2, 0.25) is 0 Å². The molecule has 0 fully saturated rings. The number of aromatic nitrogens is 4. The summed E-state index contributed by atoms with van der Waals surface area (Å²) < 4.78 is 27.9. The zero-order valence-electron chi connectivity index (χ0n) is 14.1. The third-order valence-electron chi connectivity index (χ3n) is 3.62. The molecule has 0 atom stereocenters. The van der Waals surface area contributed by atoms with Crippen molar-refractivity contribution in [3.05, 3.63) is 70.4 Å². The molecule has 4 nitrogen and oxygen atoms in total. The normalized spacial score (nSPS) is 11.5. The van der Waals surface area contributed by atoms with Crippen LogP contribution < -0.4 is 0 Å². The first-order valence-corrected chi connectivity index (χ1v) is 9.60. The van der Waals surface area contributed by atoms with Crippen LogP contribution in [-0.4, -0.2) is 20.2 Å². The molecule has 0 aliphatic carbocycles. The Morgan fingerprint density at radius 2 is 1.63 bits per heavy atom. The Balaban J connectivity index is 1.81. The average molecular weight is 398 g/mol. The predicted octanol–water partition coefficient (Wildman–Crippen LogP) is 5.39. The smallest absolute Gasteiger partial charge is 0.180 e. The van der Waals surface area contributed by atoms with Gasteiger partial charge in [0.1, 0.15) is 10.0 Å². The van der Waals surface area contributed by atoms with E-state index in [-0.39, 0.29) is 5.52 Å². The first kappa shape index (κ1) is 17.7. The Labute approximate surface area is 162 Å². The molecule has 8 heteroatoms. The van der Waals surface area contributed by atoms with Crippen molar-refractivity contribution in [1.29, 1.82) is 0 Å². The van der Waals surface area contributed by atoms with Crippen molar-refractivity contribution in [3.63, 3.8) is 0 Å². The fourth-order valence-corrected chi connectivity index (χ4v) is 4.17. The zero-order chi connectivity index (χ0) is 18.8. The summed E-state index contributed by atoms with van der Waals surface area (Å²) in [5.41, 5.74) is 2.12. The second-order valence-electron chi connectivity index (χ2n) is 5.60. The van der Waals surface area contributed by atoms with Gasteiger partial charge in [-0.25, -0.2) is 18.7 Å². The average Bonchev–Trinajstić information content (AvgIpc) is 3.07. The molecule has 0 radical (unpaired) electrons. The van der Waals surface area contributed by atoms with Gasteiger partial charge in [-0.05, 0) is 30.3 Å². The Morgan fingerprint density at radius 1 is 0.926 bits per heavy atom. The summed E-state index contributed by atoms with van der Waals surface area (Å²) in [4.78, 5) is 8.95. The van der Waals surface area contributed by atoms with Gasteiger partial charge in [0.15, 0.2) is 16.0 Å². The van der Waals surface area contributed by atoms with E-state index < -0.39 is 11.6 Å². The van der Waals surface area contributed by atoms with Crippen LogP contribution in [0, 0.1) is 18.6 Å². The molecule has 27 heavy (non-hydrogen) atoms. The van der Waals surface area contributed by atoms with Gasteiger partial charge >= 0.3 is 0 Å². The lowest BCUT2D eigenvalue weighted by molar-refractivity contribution is 0.510. The maximum absolute atomic E-state index is 13.6. The number of rotatable bonds is 4. The van der Waals surface area contributed by atoms with Crippen molar-refractivity contribution in [1.82, 2.24) is 20.2 Å². The molecule has 0 bridgehead atoms. The van der Waals surface area contributed by atoms with Crippen molar-refractivity contribution in [2.75, 3.05) is 0 Å². The van der Waals surface area contributed by atoms with E-state index in [1.165, 1.54) is 23.1 Å². The molecule has 2 aromatic carbocycles.